The molecule has 3 aliphatic rings. The first-order valence-corrected chi connectivity index (χ1v) is 16.0. The van der Waals surface area contributed by atoms with Crippen molar-refractivity contribution in [1.29, 1.82) is 0 Å². The number of benzene rings is 1. The maximum Gasteiger partial charge on any atom is 0.276 e. The predicted molar refractivity (Wildman–Crippen MR) is 165 cm³/mol. The third-order valence-corrected chi connectivity index (χ3v) is 9.53. The van der Waals surface area contributed by atoms with Gasteiger partial charge >= 0.3 is 0 Å². The van der Waals surface area contributed by atoms with Crippen LogP contribution < -0.4 is 16.0 Å². The lowest BCUT2D eigenvalue weighted by molar-refractivity contribution is -0.140. The van der Waals surface area contributed by atoms with E-state index in [0.717, 1.165) is 25.7 Å². The zero-order chi connectivity index (χ0) is 33.1. The number of nitrogens with one attached hydrogen (secondary N) is 3. The Kier molecular flexibility index (Phi) is 10.4. The van der Waals surface area contributed by atoms with Crippen LogP contribution in [0.5, 0.6) is 0 Å². The summed E-state index contributed by atoms with van der Waals surface area (Å²) in [7, 11) is 3.39. The number of hydrogen-bond donors (Lipinski definition) is 3. The van der Waals surface area contributed by atoms with Crippen molar-refractivity contribution in [2.75, 3.05) is 45.7 Å². The fourth-order valence-electron chi connectivity index (χ4n) is 6.20. The van der Waals surface area contributed by atoms with Crippen LogP contribution in [0.4, 0.5) is 10.1 Å². The van der Waals surface area contributed by atoms with Crippen molar-refractivity contribution in [3.05, 3.63) is 41.0 Å². The van der Waals surface area contributed by atoms with Gasteiger partial charge in [0.15, 0.2) is 5.69 Å². The number of likely N-dealkylation sites (N-methyl/N-ethyl adjacent to an activating group) is 1. The van der Waals surface area contributed by atoms with E-state index in [1.807, 2.05) is 7.05 Å². The normalized spacial score (nSPS) is 19.7. The zero-order valence-electron chi connectivity index (χ0n) is 27.0. The van der Waals surface area contributed by atoms with E-state index in [1.165, 1.54) is 19.2 Å². The number of amides is 4. The number of aromatic nitrogens is 2. The minimum absolute atomic E-state index is 0.000300. The van der Waals surface area contributed by atoms with E-state index in [4.69, 9.17) is 4.74 Å². The van der Waals surface area contributed by atoms with Gasteiger partial charge < -0.3 is 30.5 Å². The van der Waals surface area contributed by atoms with Crippen LogP contribution in [0.1, 0.15) is 67.2 Å². The molecule has 3 fully saturated rings. The molecule has 46 heavy (non-hydrogen) atoms. The summed E-state index contributed by atoms with van der Waals surface area (Å²) < 4.78 is 25.5. The lowest BCUT2D eigenvalue weighted by atomic mass is 9.88. The third kappa shape index (κ3) is 7.72. The van der Waals surface area contributed by atoms with Crippen molar-refractivity contribution in [2.24, 2.45) is 17.8 Å². The van der Waals surface area contributed by atoms with Gasteiger partial charge in [-0.25, -0.2) is 9.02 Å². The van der Waals surface area contributed by atoms with E-state index in [-0.39, 0.29) is 23.2 Å². The molecule has 1 aromatic heterocycles. The average molecular weight is 642 g/mol. The van der Waals surface area contributed by atoms with E-state index >= 15 is 4.39 Å². The van der Waals surface area contributed by atoms with Crippen LogP contribution in [0.15, 0.2) is 22.8 Å². The highest BCUT2D eigenvalue weighted by Gasteiger charge is 2.48. The van der Waals surface area contributed by atoms with Crippen molar-refractivity contribution in [3.63, 3.8) is 0 Å². The minimum atomic E-state index is -0.958. The first-order chi connectivity index (χ1) is 22.0. The Labute approximate surface area is 267 Å². The van der Waals surface area contributed by atoms with Gasteiger partial charge in [0.25, 0.3) is 5.91 Å². The van der Waals surface area contributed by atoms with Gasteiger partial charge in [0.1, 0.15) is 29.7 Å². The molecule has 5 rings (SSSR count). The second kappa shape index (κ2) is 14.2. The molecule has 14 heteroatoms. The topological polar surface area (TPSA) is 159 Å². The number of piperazine rings is 1. The number of anilines is 1. The number of methoxy groups -OCH3 is 1. The largest absolute Gasteiger partial charge is 0.372 e. The number of nitrogens with zero attached hydrogens (tertiary/aromatic N) is 4. The van der Waals surface area contributed by atoms with E-state index in [1.54, 1.807) is 31.7 Å². The van der Waals surface area contributed by atoms with Crippen LogP contribution >= 0.6 is 0 Å². The zero-order valence-corrected chi connectivity index (χ0v) is 27.0. The van der Waals surface area contributed by atoms with E-state index in [9.17, 15) is 19.2 Å². The molecule has 2 heterocycles. The molecule has 0 spiro atoms. The number of halogens is 1. The van der Waals surface area contributed by atoms with Gasteiger partial charge in [0, 0.05) is 39.2 Å². The second-order valence-corrected chi connectivity index (χ2v) is 12.9. The Morgan fingerprint density at radius 1 is 0.957 bits per heavy atom. The molecule has 250 valence electrons. The molecule has 3 N–H and O–H groups in total. The Balaban J connectivity index is 1.34. The average Bonchev–Trinajstić information content (AvgIpc) is 3.99. The first-order valence-electron chi connectivity index (χ1n) is 16.0. The van der Waals surface area contributed by atoms with Gasteiger partial charge in [0.2, 0.25) is 17.7 Å². The predicted octanol–water partition coefficient (Wildman–Crippen LogP) is 2.09. The molecule has 1 saturated heterocycles. The molecule has 2 aliphatic carbocycles. The number of aryl methyl sites for hydroxylation is 1. The standard InChI is InChI=1S/C32H44FN7O6/c1-17(26(35-29(41)19(3)45-5)32(44)40-14-12-39(4)13-15-40)22-10-11-24(23(33)16-22)34-31(43)28(25(20-6-7-20)21-8-9-21)36-30(42)27-18(2)37-46-38-27/h10-11,16-17,19-21,25-26,28H,6-9,12-15H2,1-5H3,(H,34,43)(H,35,41)(H,36,42)/t17-,19-,26+,28-/m0/s1. The van der Waals surface area contributed by atoms with E-state index < -0.39 is 47.6 Å². The summed E-state index contributed by atoms with van der Waals surface area (Å²) in [5.41, 5.74) is 0.726. The fraction of sp³-hybridized carbons (Fsp3) is 0.625. The summed E-state index contributed by atoms with van der Waals surface area (Å²) in [5, 5.41) is 15.7. The number of hydrogen-bond acceptors (Lipinski definition) is 9. The van der Waals surface area contributed by atoms with Crippen molar-refractivity contribution in [1.82, 2.24) is 30.7 Å². The van der Waals surface area contributed by atoms with Gasteiger partial charge in [-0.15, -0.1) is 0 Å². The van der Waals surface area contributed by atoms with Crippen molar-refractivity contribution in [3.8, 4) is 0 Å². The fourth-order valence-corrected chi connectivity index (χ4v) is 6.20. The molecule has 1 aromatic carbocycles. The smallest absolute Gasteiger partial charge is 0.276 e. The number of carbonyl (C=O) groups is 4. The third-order valence-electron chi connectivity index (χ3n) is 9.53. The van der Waals surface area contributed by atoms with Gasteiger partial charge in [-0.2, -0.15) is 0 Å². The molecule has 0 bridgehead atoms. The van der Waals surface area contributed by atoms with E-state index in [0.29, 0.717) is 49.3 Å². The number of carbonyl (C=O) groups excluding carboxylic acids is 4. The van der Waals surface area contributed by atoms with E-state index in [2.05, 4.69) is 35.8 Å². The Morgan fingerprint density at radius 3 is 2.15 bits per heavy atom. The molecule has 2 saturated carbocycles. The molecule has 1 aliphatic heterocycles. The summed E-state index contributed by atoms with van der Waals surface area (Å²) in [4.78, 5) is 57.1. The minimum Gasteiger partial charge on any atom is -0.372 e. The Bertz CT molecular complexity index is 1420. The lowest BCUT2D eigenvalue weighted by Gasteiger charge is -2.36. The quantitative estimate of drug-likeness (QED) is 0.298. The van der Waals surface area contributed by atoms with Crippen molar-refractivity contribution < 1.29 is 32.9 Å². The Morgan fingerprint density at radius 2 is 1.61 bits per heavy atom. The van der Waals surface area contributed by atoms with Gasteiger partial charge in [-0.05, 0) is 87.2 Å². The summed E-state index contributed by atoms with van der Waals surface area (Å²) >= 11 is 0. The van der Waals surface area contributed by atoms with Crippen LogP contribution in [0.3, 0.4) is 0 Å². The lowest BCUT2D eigenvalue weighted by Crippen LogP contribution is -2.56. The molecule has 4 atom stereocenters. The molecule has 4 amide bonds. The summed E-state index contributed by atoms with van der Waals surface area (Å²) in [5.74, 6) is -2.56. The SMILES string of the molecule is CO[C@@H](C)C(=O)N[C@@H](C(=O)N1CCN(C)CC1)[C@@H](C)c1ccc(NC(=O)[C@@H](NC(=O)c2nonc2C)C(C2CC2)C2CC2)c(F)c1. The van der Waals surface area contributed by atoms with Gasteiger partial charge in [-0.1, -0.05) is 18.1 Å². The summed E-state index contributed by atoms with van der Waals surface area (Å²) in [6.45, 7) is 7.37. The maximum absolute atomic E-state index is 15.7. The van der Waals surface area contributed by atoms with Crippen molar-refractivity contribution in [2.45, 2.75) is 70.6 Å². The van der Waals surface area contributed by atoms with Crippen LogP contribution in [0.2, 0.25) is 0 Å². The molecular weight excluding hydrogens is 597 g/mol. The number of rotatable bonds is 13. The highest BCUT2D eigenvalue weighted by atomic mass is 19.1. The first kappa shape index (κ1) is 33.5. The monoisotopic (exact) mass is 641 g/mol. The van der Waals surface area contributed by atoms with Gasteiger partial charge in [0.05, 0.1) is 5.69 Å². The molecule has 0 radical (unpaired) electrons. The highest BCUT2D eigenvalue weighted by Crippen LogP contribution is 2.51. The Hall–Kier alpha value is -3.91. The highest BCUT2D eigenvalue weighted by molar-refractivity contribution is 6.01. The van der Waals surface area contributed by atoms with Crippen molar-refractivity contribution >= 4 is 29.3 Å². The van der Waals surface area contributed by atoms with Crippen LogP contribution in [-0.2, 0) is 19.1 Å². The van der Waals surface area contributed by atoms with Crippen LogP contribution in [0, 0.1) is 30.5 Å². The molecule has 13 nitrogen and oxygen atoms in total. The molecule has 0 unspecified atom stereocenters. The maximum atomic E-state index is 15.7. The second-order valence-electron chi connectivity index (χ2n) is 12.9. The molecule has 2 aromatic rings. The van der Waals surface area contributed by atoms with Crippen LogP contribution in [0.25, 0.3) is 0 Å². The summed E-state index contributed by atoms with van der Waals surface area (Å²) in [6, 6.07) is 2.50. The van der Waals surface area contributed by atoms with Crippen LogP contribution in [-0.4, -0.2) is 102 Å². The summed E-state index contributed by atoms with van der Waals surface area (Å²) in [6.07, 6.45) is 3.11. The molecular formula is C32H44FN7O6. The van der Waals surface area contributed by atoms with Gasteiger partial charge in [-0.3, -0.25) is 19.2 Å². The number of ether oxygens (including phenoxy) is 1.